The molecule has 1 saturated heterocycles. The van der Waals surface area contributed by atoms with E-state index < -0.39 is 5.82 Å². The zero-order chi connectivity index (χ0) is 16.7. The van der Waals surface area contributed by atoms with Crippen LogP contribution in [0, 0.1) is 5.82 Å². The highest BCUT2D eigenvalue weighted by atomic mass is 32.2. The molecule has 1 atom stereocenters. The van der Waals surface area contributed by atoms with E-state index in [1.54, 1.807) is 16.7 Å². The quantitative estimate of drug-likeness (QED) is 0.856. The maximum atomic E-state index is 13.8. The monoisotopic (exact) mass is 347 g/mol. The number of nitrogens with one attached hydrogen (secondary N) is 1. The van der Waals surface area contributed by atoms with Crippen LogP contribution in [0.15, 0.2) is 23.5 Å². The van der Waals surface area contributed by atoms with Crippen molar-refractivity contribution in [3.8, 4) is 0 Å². The van der Waals surface area contributed by atoms with Crippen molar-refractivity contribution >= 4 is 33.9 Å². The summed E-state index contributed by atoms with van der Waals surface area (Å²) in [7, 11) is 0. The molecule has 6 nitrogen and oxygen atoms in total. The van der Waals surface area contributed by atoms with Crippen LogP contribution in [0.25, 0.3) is 11.0 Å². The van der Waals surface area contributed by atoms with Gasteiger partial charge in [-0.3, -0.25) is 9.79 Å². The van der Waals surface area contributed by atoms with E-state index >= 15 is 0 Å². The Hall–Kier alpha value is -2.09. The maximum absolute atomic E-state index is 13.8. The standard InChI is InChI=1S/C16H18FN5OS/c1-10-8-18-16(24-10)22-4-2-21(3-5-22)15(23)12-6-11(17)7-13-14(12)20-9-19-13/h6-7,9-10H,2-5,8H2,1H3,(H,19,20)/t10-/m0/s1. The van der Waals surface area contributed by atoms with Crippen LogP contribution in [0.2, 0.25) is 0 Å². The number of carbonyl (C=O) groups excluding carboxylic acids is 1. The number of hydrogen-bond acceptors (Lipinski definition) is 5. The van der Waals surface area contributed by atoms with E-state index in [1.807, 2.05) is 0 Å². The number of benzene rings is 1. The van der Waals surface area contributed by atoms with E-state index in [0.717, 1.165) is 24.8 Å². The van der Waals surface area contributed by atoms with Crippen LogP contribution < -0.4 is 0 Å². The third kappa shape index (κ3) is 2.75. The Bertz CT molecular complexity index is 812. The normalized spacial score (nSPS) is 21.4. The highest BCUT2D eigenvalue weighted by molar-refractivity contribution is 8.14. The van der Waals surface area contributed by atoms with Gasteiger partial charge in [0.1, 0.15) is 11.3 Å². The summed E-state index contributed by atoms with van der Waals surface area (Å²) in [6.07, 6.45) is 1.48. The Kier molecular flexibility index (Phi) is 3.91. The summed E-state index contributed by atoms with van der Waals surface area (Å²) in [5, 5.41) is 1.61. The summed E-state index contributed by atoms with van der Waals surface area (Å²) in [5.41, 5.74) is 1.39. The molecule has 1 amide bonds. The molecule has 1 aromatic carbocycles. The van der Waals surface area contributed by atoms with Crippen molar-refractivity contribution < 1.29 is 9.18 Å². The number of amides is 1. The van der Waals surface area contributed by atoms with Crippen LogP contribution in [-0.2, 0) is 0 Å². The predicted molar refractivity (Wildman–Crippen MR) is 92.9 cm³/mol. The van der Waals surface area contributed by atoms with Crippen LogP contribution in [0.4, 0.5) is 4.39 Å². The fourth-order valence-corrected chi connectivity index (χ4v) is 4.07. The molecule has 126 valence electrons. The number of H-pyrrole nitrogens is 1. The highest BCUT2D eigenvalue weighted by Crippen LogP contribution is 2.24. The Morgan fingerprint density at radius 3 is 2.83 bits per heavy atom. The Labute approximate surface area is 143 Å². The predicted octanol–water partition coefficient (Wildman–Crippen LogP) is 1.95. The van der Waals surface area contributed by atoms with E-state index in [2.05, 4.69) is 26.8 Å². The van der Waals surface area contributed by atoms with Crippen LogP contribution >= 0.6 is 11.8 Å². The summed E-state index contributed by atoms with van der Waals surface area (Å²) in [6, 6.07) is 2.63. The average Bonchev–Trinajstić information content (AvgIpc) is 3.22. The number of hydrogen-bond donors (Lipinski definition) is 1. The van der Waals surface area contributed by atoms with Gasteiger partial charge in [-0.05, 0) is 12.1 Å². The van der Waals surface area contributed by atoms with E-state index in [0.29, 0.717) is 34.9 Å². The van der Waals surface area contributed by atoms with Crippen LogP contribution in [0.1, 0.15) is 17.3 Å². The van der Waals surface area contributed by atoms with Crippen LogP contribution in [0.3, 0.4) is 0 Å². The van der Waals surface area contributed by atoms with Crippen LogP contribution in [0.5, 0.6) is 0 Å². The van der Waals surface area contributed by atoms with Crippen molar-refractivity contribution in [1.29, 1.82) is 0 Å². The smallest absolute Gasteiger partial charge is 0.256 e. The highest BCUT2D eigenvalue weighted by Gasteiger charge is 2.28. The molecular formula is C16H18FN5OS. The maximum Gasteiger partial charge on any atom is 0.256 e. The number of thioether (sulfide) groups is 1. The van der Waals surface area contributed by atoms with Crippen molar-refractivity contribution in [2.75, 3.05) is 32.7 Å². The molecule has 8 heteroatoms. The van der Waals surface area contributed by atoms with E-state index in [9.17, 15) is 9.18 Å². The number of piperazine rings is 1. The number of fused-ring (bicyclic) bond motifs is 1. The minimum absolute atomic E-state index is 0.166. The van der Waals surface area contributed by atoms with Crippen molar-refractivity contribution in [1.82, 2.24) is 19.8 Å². The number of nitrogens with zero attached hydrogens (tertiary/aromatic N) is 4. The van der Waals surface area contributed by atoms with Crippen molar-refractivity contribution in [3.05, 3.63) is 29.8 Å². The van der Waals surface area contributed by atoms with Gasteiger partial charge in [0, 0.05) is 31.4 Å². The van der Waals surface area contributed by atoms with Crippen LogP contribution in [-0.4, -0.2) is 68.8 Å². The van der Waals surface area contributed by atoms with Crippen molar-refractivity contribution in [2.45, 2.75) is 12.2 Å². The topological polar surface area (TPSA) is 64.6 Å². The van der Waals surface area contributed by atoms with Gasteiger partial charge in [-0.2, -0.15) is 0 Å². The summed E-state index contributed by atoms with van der Waals surface area (Å²) in [5.74, 6) is -0.597. The molecule has 1 N–H and O–H groups in total. The third-order valence-electron chi connectivity index (χ3n) is 4.35. The molecule has 0 spiro atoms. The zero-order valence-corrected chi connectivity index (χ0v) is 14.1. The molecule has 0 radical (unpaired) electrons. The van der Waals surface area contributed by atoms with Gasteiger partial charge in [-0.1, -0.05) is 18.7 Å². The second-order valence-corrected chi connectivity index (χ2v) is 7.49. The lowest BCUT2D eigenvalue weighted by Gasteiger charge is -2.35. The van der Waals surface area contributed by atoms with Crippen molar-refractivity contribution in [2.24, 2.45) is 4.99 Å². The average molecular weight is 347 g/mol. The molecule has 1 fully saturated rings. The molecule has 3 heterocycles. The fraction of sp³-hybridized carbons (Fsp3) is 0.438. The molecular weight excluding hydrogens is 329 g/mol. The Balaban J connectivity index is 1.49. The molecule has 2 aliphatic rings. The SMILES string of the molecule is C[C@H]1CN=C(N2CCN(C(=O)c3cc(F)cc4[nH]cnc34)CC2)S1. The number of imidazole rings is 1. The number of carbonyl (C=O) groups is 1. The second kappa shape index (κ2) is 6.08. The van der Waals surface area contributed by atoms with E-state index in [4.69, 9.17) is 0 Å². The van der Waals surface area contributed by atoms with Crippen molar-refractivity contribution in [3.63, 3.8) is 0 Å². The van der Waals surface area contributed by atoms with E-state index in [1.165, 1.54) is 18.5 Å². The lowest BCUT2D eigenvalue weighted by molar-refractivity contribution is 0.0695. The number of aromatic nitrogens is 2. The molecule has 0 bridgehead atoms. The summed E-state index contributed by atoms with van der Waals surface area (Å²) in [6.45, 7) is 5.75. The minimum Gasteiger partial charge on any atom is -0.348 e. The molecule has 2 aliphatic heterocycles. The zero-order valence-electron chi connectivity index (χ0n) is 13.3. The molecule has 24 heavy (non-hydrogen) atoms. The van der Waals surface area contributed by atoms with Gasteiger partial charge < -0.3 is 14.8 Å². The number of amidine groups is 1. The van der Waals surface area contributed by atoms with Gasteiger partial charge in [0.15, 0.2) is 5.17 Å². The Morgan fingerprint density at radius 2 is 2.12 bits per heavy atom. The molecule has 1 aromatic heterocycles. The minimum atomic E-state index is -0.431. The van der Waals surface area contributed by atoms with Gasteiger partial charge >= 0.3 is 0 Å². The first-order chi connectivity index (χ1) is 11.6. The summed E-state index contributed by atoms with van der Waals surface area (Å²) >= 11 is 1.79. The summed E-state index contributed by atoms with van der Waals surface area (Å²) < 4.78 is 13.8. The van der Waals surface area contributed by atoms with Gasteiger partial charge in [0.25, 0.3) is 5.91 Å². The largest absolute Gasteiger partial charge is 0.348 e. The first kappa shape index (κ1) is 15.4. The number of halogens is 1. The molecule has 0 unspecified atom stereocenters. The Morgan fingerprint density at radius 1 is 1.33 bits per heavy atom. The first-order valence-corrected chi connectivity index (χ1v) is 8.88. The molecule has 2 aromatic rings. The molecule has 0 saturated carbocycles. The van der Waals surface area contributed by atoms with E-state index in [-0.39, 0.29) is 5.91 Å². The van der Waals surface area contributed by atoms with Gasteiger partial charge in [-0.25, -0.2) is 9.37 Å². The fourth-order valence-electron chi connectivity index (χ4n) is 3.08. The lowest BCUT2D eigenvalue weighted by Crippen LogP contribution is -2.49. The molecule has 4 rings (SSSR count). The number of aromatic amines is 1. The van der Waals surface area contributed by atoms with Gasteiger partial charge in [-0.15, -0.1) is 0 Å². The summed E-state index contributed by atoms with van der Waals surface area (Å²) in [4.78, 5) is 28.4. The third-order valence-corrected chi connectivity index (χ3v) is 5.50. The first-order valence-electron chi connectivity index (χ1n) is 8.00. The van der Waals surface area contributed by atoms with Gasteiger partial charge in [0.2, 0.25) is 0 Å². The number of aliphatic imine (C=N–C) groups is 1. The second-order valence-electron chi connectivity index (χ2n) is 6.08. The molecule has 0 aliphatic carbocycles. The number of rotatable bonds is 1. The lowest BCUT2D eigenvalue weighted by atomic mass is 10.1. The van der Waals surface area contributed by atoms with Gasteiger partial charge in [0.05, 0.1) is 24.0 Å².